The van der Waals surface area contributed by atoms with Crippen molar-refractivity contribution in [1.29, 1.82) is 0 Å². The quantitative estimate of drug-likeness (QED) is 0.222. The molecule has 2 N–H and O–H groups in total. The largest absolute Gasteiger partial charge is 0.497 e. The summed E-state index contributed by atoms with van der Waals surface area (Å²) in [7, 11) is 1.70. The molecule has 1 fully saturated rings. The Bertz CT molecular complexity index is 624. The first-order valence-corrected chi connectivity index (χ1v) is 10.6. The van der Waals surface area contributed by atoms with Crippen molar-refractivity contribution >= 4 is 29.9 Å². The maximum Gasteiger partial charge on any atom is 0.191 e. The molecular formula is C23H39IN4O. The Morgan fingerprint density at radius 3 is 2.48 bits per heavy atom. The lowest BCUT2D eigenvalue weighted by Crippen LogP contribution is -2.48. The maximum absolute atomic E-state index is 5.24. The van der Waals surface area contributed by atoms with Gasteiger partial charge in [0, 0.05) is 38.8 Å². The van der Waals surface area contributed by atoms with Crippen LogP contribution < -0.4 is 15.4 Å². The number of ether oxygens (including phenoxy) is 1. The van der Waals surface area contributed by atoms with Gasteiger partial charge in [-0.2, -0.15) is 0 Å². The van der Waals surface area contributed by atoms with Crippen LogP contribution >= 0.6 is 24.0 Å². The Kier molecular flexibility index (Phi) is 12.3. The molecule has 5 nitrogen and oxygen atoms in total. The first-order valence-electron chi connectivity index (χ1n) is 10.6. The van der Waals surface area contributed by atoms with Gasteiger partial charge in [-0.1, -0.05) is 31.2 Å². The minimum Gasteiger partial charge on any atom is -0.497 e. The van der Waals surface area contributed by atoms with E-state index in [9.17, 15) is 0 Å². The summed E-state index contributed by atoms with van der Waals surface area (Å²) in [4.78, 5) is 7.30. The van der Waals surface area contributed by atoms with E-state index in [4.69, 9.17) is 9.73 Å². The van der Waals surface area contributed by atoms with Crippen LogP contribution in [0.3, 0.4) is 0 Å². The van der Waals surface area contributed by atoms with Crippen LogP contribution in [0.5, 0.6) is 5.75 Å². The van der Waals surface area contributed by atoms with Crippen LogP contribution in [-0.4, -0.2) is 56.7 Å². The highest BCUT2D eigenvalue weighted by molar-refractivity contribution is 14.0. The zero-order valence-electron chi connectivity index (χ0n) is 18.5. The molecule has 0 spiro atoms. The van der Waals surface area contributed by atoms with Gasteiger partial charge in [-0.05, 0) is 56.7 Å². The third kappa shape index (κ3) is 9.38. The number of piperidine rings is 1. The second-order valence-electron chi connectivity index (χ2n) is 7.88. The normalized spacial score (nSPS) is 16.6. The molecule has 164 valence electrons. The van der Waals surface area contributed by atoms with Crippen LogP contribution in [0.15, 0.2) is 41.4 Å². The van der Waals surface area contributed by atoms with Crippen molar-refractivity contribution in [1.82, 2.24) is 15.5 Å². The highest BCUT2D eigenvalue weighted by Crippen LogP contribution is 2.21. The van der Waals surface area contributed by atoms with Crippen molar-refractivity contribution in [2.75, 3.05) is 39.8 Å². The summed E-state index contributed by atoms with van der Waals surface area (Å²) in [5.74, 6) is 2.33. The van der Waals surface area contributed by atoms with Gasteiger partial charge >= 0.3 is 0 Å². The smallest absolute Gasteiger partial charge is 0.191 e. The van der Waals surface area contributed by atoms with Gasteiger partial charge in [0.25, 0.3) is 0 Å². The topological polar surface area (TPSA) is 48.9 Å². The lowest BCUT2D eigenvalue weighted by molar-refractivity contribution is 0.221. The van der Waals surface area contributed by atoms with Gasteiger partial charge in [-0.3, -0.25) is 9.89 Å². The third-order valence-corrected chi connectivity index (χ3v) is 5.28. The van der Waals surface area contributed by atoms with Gasteiger partial charge in [0.2, 0.25) is 0 Å². The number of nitrogens with zero attached hydrogens (tertiary/aromatic N) is 2. The first kappa shape index (κ1) is 25.8. The van der Waals surface area contributed by atoms with Gasteiger partial charge < -0.3 is 15.4 Å². The second-order valence-corrected chi connectivity index (χ2v) is 7.88. The molecule has 0 radical (unpaired) electrons. The van der Waals surface area contributed by atoms with Gasteiger partial charge in [-0.25, -0.2) is 0 Å². The number of aliphatic imine (C=N–C) groups is 1. The SMILES string of the molecule is C=C(C)CN1CCC(NC(=NCCC(C)c2ccc(OC)cc2)NCC)CC1.I. The van der Waals surface area contributed by atoms with Crippen molar-refractivity contribution in [3.63, 3.8) is 0 Å². The van der Waals surface area contributed by atoms with E-state index in [0.717, 1.165) is 63.7 Å². The molecule has 0 amide bonds. The van der Waals surface area contributed by atoms with Gasteiger partial charge in [-0.15, -0.1) is 24.0 Å². The van der Waals surface area contributed by atoms with E-state index in [-0.39, 0.29) is 24.0 Å². The molecule has 1 aromatic rings. The zero-order chi connectivity index (χ0) is 20.4. The molecular weight excluding hydrogens is 475 g/mol. The number of rotatable bonds is 9. The highest BCUT2D eigenvalue weighted by Gasteiger charge is 2.19. The highest BCUT2D eigenvalue weighted by atomic mass is 127. The lowest BCUT2D eigenvalue weighted by atomic mass is 9.98. The van der Waals surface area contributed by atoms with Crippen LogP contribution in [-0.2, 0) is 0 Å². The van der Waals surface area contributed by atoms with Crippen LogP contribution in [0.2, 0.25) is 0 Å². The fraction of sp³-hybridized carbons (Fsp3) is 0.609. The Morgan fingerprint density at radius 2 is 1.93 bits per heavy atom. The number of likely N-dealkylation sites (tertiary alicyclic amines) is 1. The first-order chi connectivity index (χ1) is 13.5. The summed E-state index contributed by atoms with van der Waals surface area (Å²) in [5.41, 5.74) is 2.58. The van der Waals surface area contributed by atoms with E-state index in [1.54, 1.807) is 7.11 Å². The predicted molar refractivity (Wildman–Crippen MR) is 135 cm³/mol. The molecule has 1 aromatic carbocycles. The van der Waals surface area contributed by atoms with E-state index in [1.165, 1.54) is 11.1 Å². The Labute approximate surface area is 194 Å². The van der Waals surface area contributed by atoms with E-state index in [1.807, 2.05) is 12.1 Å². The van der Waals surface area contributed by atoms with E-state index in [0.29, 0.717) is 12.0 Å². The van der Waals surface area contributed by atoms with E-state index >= 15 is 0 Å². The van der Waals surface area contributed by atoms with Crippen molar-refractivity contribution in [2.45, 2.75) is 52.0 Å². The zero-order valence-corrected chi connectivity index (χ0v) is 20.9. The summed E-state index contributed by atoms with van der Waals surface area (Å²) < 4.78 is 5.24. The monoisotopic (exact) mass is 514 g/mol. The molecule has 1 aliphatic heterocycles. The number of nitrogens with one attached hydrogen (secondary N) is 2. The second kappa shape index (κ2) is 13.9. The molecule has 0 bridgehead atoms. The third-order valence-electron chi connectivity index (χ3n) is 5.28. The molecule has 0 aliphatic carbocycles. The van der Waals surface area contributed by atoms with Crippen LogP contribution in [0.25, 0.3) is 0 Å². The fourth-order valence-corrected chi connectivity index (χ4v) is 3.60. The Morgan fingerprint density at radius 1 is 1.28 bits per heavy atom. The van der Waals surface area contributed by atoms with Crippen molar-refractivity contribution in [3.05, 3.63) is 42.0 Å². The number of halogens is 1. The molecule has 1 heterocycles. The molecule has 2 rings (SSSR count). The standard InChI is InChI=1S/C23H38N4O.HI/c1-6-24-23(26-21-12-15-27(16-13-21)17-18(2)3)25-14-11-19(4)20-7-9-22(28-5)10-8-20;/h7-10,19,21H,2,6,11-17H2,1,3-5H3,(H2,24,25,26);1H. The summed E-state index contributed by atoms with van der Waals surface area (Å²) >= 11 is 0. The summed E-state index contributed by atoms with van der Waals surface area (Å²) in [6.07, 6.45) is 3.33. The molecule has 0 saturated carbocycles. The van der Waals surface area contributed by atoms with Crippen molar-refractivity contribution in [2.24, 2.45) is 4.99 Å². The van der Waals surface area contributed by atoms with Crippen LogP contribution in [0.1, 0.15) is 51.5 Å². The Balaban J connectivity index is 0.00000420. The summed E-state index contributed by atoms with van der Waals surface area (Å²) in [6, 6.07) is 8.85. The minimum atomic E-state index is 0. The van der Waals surface area contributed by atoms with Gasteiger partial charge in [0.15, 0.2) is 5.96 Å². The number of guanidine groups is 1. The van der Waals surface area contributed by atoms with Gasteiger partial charge in [0.05, 0.1) is 7.11 Å². The maximum atomic E-state index is 5.24. The summed E-state index contributed by atoms with van der Waals surface area (Å²) in [5, 5.41) is 7.03. The van der Waals surface area contributed by atoms with Crippen molar-refractivity contribution < 1.29 is 4.74 Å². The minimum absolute atomic E-state index is 0. The average Bonchev–Trinajstić information content (AvgIpc) is 2.69. The molecule has 1 unspecified atom stereocenters. The van der Waals surface area contributed by atoms with E-state index < -0.39 is 0 Å². The van der Waals surface area contributed by atoms with Crippen LogP contribution in [0.4, 0.5) is 0 Å². The molecule has 1 atom stereocenters. The molecule has 1 saturated heterocycles. The Hall–Kier alpha value is -1.28. The number of benzene rings is 1. The summed E-state index contributed by atoms with van der Waals surface area (Å²) in [6.45, 7) is 15.5. The number of hydrogen-bond donors (Lipinski definition) is 2. The van der Waals surface area contributed by atoms with Crippen LogP contribution in [0, 0.1) is 0 Å². The van der Waals surface area contributed by atoms with E-state index in [2.05, 4.69) is 55.0 Å². The lowest BCUT2D eigenvalue weighted by Gasteiger charge is -2.33. The predicted octanol–water partition coefficient (Wildman–Crippen LogP) is 4.40. The molecule has 29 heavy (non-hydrogen) atoms. The van der Waals surface area contributed by atoms with Gasteiger partial charge in [0.1, 0.15) is 5.75 Å². The average molecular weight is 514 g/mol. The molecule has 1 aliphatic rings. The van der Waals surface area contributed by atoms with Crippen molar-refractivity contribution in [3.8, 4) is 5.75 Å². The molecule has 6 heteroatoms. The number of hydrogen-bond acceptors (Lipinski definition) is 3. The number of methoxy groups -OCH3 is 1. The molecule has 0 aromatic heterocycles. The fourth-order valence-electron chi connectivity index (χ4n) is 3.60.